The second-order valence-electron chi connectivity index (χ2n) is 5.09. The summed E-state index contributed by atoms with van der Waals surface area (Å²) >= 11 is 1.27. The molecule has 0 aliphatic carbocycles. The Morgan fingerprint density at radius 1 is 1.23 bits per heavy atom. The van der Waals surface area contributed by atoms with Crippen LogP contribution in [0.5, 0.6) is 11.5 Å². The van der Waals surface area contributed by atoms with Crippen molar-refractivity contribution in [2.24, 2.45) is 5.73 Å². The van der Waals surface area contributed by atoms with E-state index in [9.17, 15) is 9.59 Å². The molecule has 0 spiro atoms. The van der Waals surface area contributed by atoms with Crippen LogP contribution in [0.25, 0.3) is 10.8 Å². The first-order chi connectivity index (χ1) is 12.5. The number of primary amides is 1. The van der Waals surface area contributed by atoms with E-state index in [2.05, 4.69) is 10.3 Å². The third-order valence-electron chi connectivity index (χ3n) is 3.51. The fourth-order valence-corrected chi connectivity index (χ4v) is 3.03. The zero-order chi connectivity index (χ0) is 18.7. The summed E-state index contributed by atoms with van der Waals surface area (Å²) in [6, 6.07) is 6.36. The van der Waals surface area contributed by atoms with E-state index in [0.717, 1.165) is 0 Å². The Morgan fingerprint density at radius 3 is 2.58 bits per heavy atom. The number of aromatic nitrogens is 1. The lowest BCUT2D eigenvalue weighted by Gasteiger charge is -2.13. The summed E-state index contributed by atoms with van der Waals surface area (Å²) in [7, 11) is 2.88. The molecule has 3 aromatic rings. The Hall–Kier alpha value is -3.33. The smallest absolute Gasteiger partial charge is 0.275 e. The van der Waals surface area contributed by atoms with Gasteiger partial charge in [0.1, 0.15) is 5.69 Å². The number of nitrogens with two attached hydrogens (primary N) is 1. The number of thiazole rings is 1. The third kappa shape index (κ3) is 3.38. The third-order valence-corrected chi connectivity index (χ3v) is 4.36. The van der Waals surface area contributed by atoms with E-state index in [4.69, 9.17) is 19.6 Å². The highest BCUT2D eigenvalue weighted by Crippen LogP contribution is 2.33. The minimum Gasteiger partial charge on any atom is -0.493 e. The molecule has 3 rings (SSSR count). The highest BCUT2D eigenvalue weighted by atomic mass is 32.1. The van der Waals surface area contributed by atoms with Crippen LogP contribution in [0.3, 0.4) is 0 Å². The van der Waals surface area contributed by atoms with E-state index in [1.165, 1.54) is 44.0 Å². The van der Waals surface area contributed by atoms with Crippen molar-refractivity contribution >= 4 is 28.8 Å². The van der Waals surface area contributed by atoms with Crippen molar-refractivity contribution in [1.82, 2.24) is 4.98 Å². The Balaban J connectivity index is 1.90. The lowest BCUT2D eigenvalue weighted by Crippen LogP contribution is -2.19. The van der Waals surface area contributed by atoms with Crippen molar-refractivity contribution in [2.75, 3.05) is 19.5 Å². The monoisotopic (exact) mass is 373 g/mol. The molecule has 26 heavy (non-hydrogen) atoms. The maximum absolute atomic E-state index is 12.5. The second kappa shape index (κ2) is 7.28. The minimum atomic E-state index is -0.712. The highest BCUT2D eigenvalue weighted by molar-refractivity contribution is 7.13. The number of rotatable bonds is 6. The molecule has 1 aromatic carbocycles. The van der Waals surface area contributed by atoms with E-state index >= 15 is 0 Å². The average Bonchev–Trinajstić information content (AvgIpc) is 3.32. The summed E-state index contributed by atoms with van der Waals surface area (Å²) in [5.74, 6) is 0.0398. The molecule has 2 amide bonds. The van der Waals surface area contributed by atoms with Crippen LogP contribution in [-0.2, 0) is 0 Å². The number of methoxy groups -OCH3 is 2. The quantitative estimate of drug-likeness (QED) is 0.686. The lowest BCUT2D eigenvalue weighted by atomic mass is 10.1. The number of ether oxygens (including phenoxy) is 2. The Labute approximate surface area is 152 Å². The Morgan fingerprint density at radius 2 is 1.96 bits per heavy atom. The number of benzene rings is 1. The molecule has 0 atom stereocenters. The first-order valence-corrected chi connectivity index (χ1v) is 8.28. The predicted molar refractivity (Wildman–Crippen MR) is 95.8 cm³/mol. The van der Waals surface area contributed by atoms with Crippen molar-refractivity contribution in [3.63, 3.8) is 0 Å². The topological polar surface area (TPSA) is 117 Å². The van der Waals surface area contributed by atoms with Gasteiger partial charge in [-0.3, -0.25) is 9.59 Å². The van der Waals surface area contributed by atoms with Crippen LogP contribution < -0.4 is 20.5 Å². The van der Waals surface area contributed by atoms with Gasteiger partial charge in [0.25, 0.3) is 11.8 Å². The number of hydrogen-bond acceptors (Lipinski definition) is 7. The van der Waals surface area contributed by atoms with Gasteiger partial charge in [-0.1, -0.05) is 0 Å². The molecule has 0 aliphatic rings. The molecule has 0 radical (unpaired) electrons. The summed E-state index contributed by atoms with van der Waals surface area (Å²) < 4.78 is 15.6. The number of hydrogen-bond donors (Lipinski definition) is 2. The number of anilines is 1. The summed E-state index contributed by atoms with van der Waals surface area (Å²) in [5, 5.41) is 4.80. The number of amides is 2. The van der Waals surface area contributed by atoms with Gasteiger partial charge in [-0.25, -0.2) is 4.98 Å². The highest BCUT2D eigenvalue weighted by Gasteiger charge is 2.19. The molecule has 0 aliphatic heterocycles. The molecule has 8 nitrogen and oxygen atoms in total. The number of nitrogens with zero attached hydrogens (tertiary/aromatic N) is 1. The van der Waals surface area contributed by atoms with Gasteiger partial charge in [-0.2, -0.15) is 0 Å². The van der Waals surface area contributed by atoms with Gasteiger partial charge in [-0.15, -0.1) is 11.3 Å². The van der Waals surface area contributed by atoms with Crippen molar-refractivity contribution < 1.29 is 23.5 Å². The largest absolute Gasteiger partial charge is 0.493 e. The molecule has 134 valence electrons. The molecule has 0 fully saturated rings. The van der Waals surface area contributed by atoms with Crippen molar-refractivity contribution in [1.29, 1.82) is 0 Å². The first-order valence-electron chi connectivity index (χ1n) is 7.40. The van der Waals surface area contributed by atoms with Crippen LogP contribution in [0, 0.1) is 0 Å². The average molecular weight is 373 g/mol. The zero-order valence-electron chi connectivity index (χ0n) is 13.9. The summed E-state index contributed by atoms with van der Waals surface area (Å²) in [5.41, 5.74) is 5.88. The number of carbonyl (C=O) groups is 2. The molecular weight excluding hydrogens is 358 g/mol. The molecule has 0 saturated heterocycles. The van der Waals surface area contributed by atoms with Gasteiger partial charge >= 0.3 is 0 Å². The summed E-state index contributed by atoms with van der Waals surface area (Å²) in [4.78, 5) is 28.5. The molecular formula is C17H15N3O5S. The van der Waals surface area contributed by atoms with Crippen LogP contribution in [0.15, 0.2) is 40.3 Å². The first kappa shape index (κ1) is 17.5. The van der Waals surface area contributed by atoms with Crippen LogP contribution in [0.4, 0.5) is 5.69 Å². The molecule has 0 unspecified atom stereocenters. The van der Waals surface area contributed by atoms with Crippen molar-refractivity contribution in [3.8, 4) is 22.3 Å². The van der Waals surface area contributed by atoms with E-state index in [0.29, 0.717) is 22.3 Å². The van der Waals surface area contributed by atoms with Gasteiger partial charge in [-0.05, 0) is 18.2 Å². The Bertz CT molecular complexity index is 949. The van der Waals surface area contributed by atoms with Crippen molar-refractivity contribution in [2.45, 2.75) is 0 Å². The maximum Gasteiger partial charge on any atom is 0.275 e. The lowest BCUT2D eigenvalue weighted by molar-refractivity contribution is 0.100. The van der Waals surface area contributed by atoms with Crippen LogP contribution in [0.1, 0.15) is 20.8 Å². The fraction of sp³-hybridized carbons (Fsp3) is 0.118. The minimum absolute atomic E-state index is 0.0949. The van der Waals surface area contributed by atoms with Gasteiger partial charge in [0.2, 0.25) is 0 Å². The molecule has 2 heterocycles. The molecule has 3 N–H and O–H groups in total. The number of nitrogens with one attached hydrogen (secondary N) is 1. The zero-order valence-corrected chi connectivity index (χ0v) is 14.8. The van der Waals surface area contributed by atoms with Gasteiger partial charge in [0, 0.05) is 11.4 Å². The molecule has 0 bridgehead atoms. The second-order valence-corrected chi connectivity index (χ2v) is 5.94. The normalized spacial score (nSPS) is 10.4. The Kier molecular flexibility index (Phi) is 4.90. The summed E-state index contributed by atoms with van der Waals surface area (Å²) in [6.45, 7) is 0. The summed E-state index contributed by atoms with van der Waals surface area (Å²) in [6.07, 6.45) is 1.53. The van der Waals surface area contributed by atoms with Crippen LogP contribution in [0.2, 0.25) is 0 Å². The SMILES string of the molecule is COc1cc(NC(=O)c2csc(-c3ccco3)n2)c(C(N)=O)cc1OC. The van der Waals surface area contributed by atoms with Crippen molar-refractivity contribution in [3.05, 3.63) is 47.2 Å². The van der Waals surface area contributed by atoms with Gasteiger partial charge in [0.15, 0.2) is 22.3 Å². The van der Waals surface area contributed by atoms with Crippen LogP contribution >= 0.6 is 11.3 Å². The molecule has 0 saturated carbocycles. The predicted octanol–water partition coefficient (Wildman–Crippen LogP) is 2.77. The fourth-order valence-electron chi connectivity index (χ4n) is 2.26. The maximum atomic E-state index is 12.5. The van der Waals surface area contributed by atoms with E-state index < -0.39 is 11.8 Å². The number of carbonyl (C=O) groups excluding carboxylic acids is 2. The standard InChI is InChI=1S/C17H15N3O5S/c1-23-13-6-9(15(18)21)10(7-14(13)24-2)19-16(22)11-8-26-17(20-11)12-4-3-5-25-12/h3-8H,1-2H3,(H2,18,21)(H,19,22). The van der Waals surface area contributed by atoms with Gasteiger partial charge in [0.05, 0.1) is 31.7 Å². The van der Waals surface area contributed by atoms with Crippen LogP contribution in [-0.4, -0.2) is 31.0 Å². The van der Waals surface area contributed by atoms with E-state index in [1.807, 2.05) is 0 Å². The van der Waals surface area contributed by atoms with E-state index in [-0.39, 0.29) is 16.9 Å². The molecule has 2 aromatic heterocycles. The van der Waals surface area contributed by atoms with Gasteiger partial charge < -0.3 is 24.9 Å². The number of furan rings is 1. The molecule has 9 heteroatoms. The van der Waals surface area contributed by atoms with E-state index in [1.54, 1.807) is 17.5 Å².